The maximum Gasteiger partial charge on any atom is 0.205 e. The van der Waals surface area contributed by atoms with Gasteiger partial charge in [-0.15, -0.1) is 10.2 Å². The lowest BCUT2D eigenvalue weighted by Crippen LogP contribution is -2.02. The molecule has 136 valence electrons. The molecule has 0 aliphatic heterocycles. The topological polar surface area (TPSA) is 53.1 Å². The van der Waals surface area contributed by atoms with Crippen LogP contribution < -0.4 is 4.74 Å². The van der Waals surface area contributed by atoms with E-state index >= 15 is 0 Å². The summed E-state index contributed by atoms with van der Waals surface area (Å²) >= 11 is 1.47. The average molecular weight is 381 g/mol. The van der Waals surface area contributed by atoms with E-state index in [0.717, 1.165) is 11.3 Å². The van der Waals surface area contributed by atoms with Gasteiger partial charge in [-0.05, 0) is 42.0 Å². The zero-order valence-corrected chi connectivity index (χ0v) is 15.3. The first-order chi connectivity index (χ1) is 13.3. The molecule has 0 atom stereocenters. The van der Waals surface area contributed by atoms with Gasteiger partial charge < -0.3 is 9.15 Å². The molecule has 2 heterocycles. The molecule has 0 saturated heterocycles. The van der Waals surface area contributed by atoms with Crippen molar-refractivity contribution in [2.24, 2.45) is 0 Å². The number of nitrogens with zero attached hydrogens (tertiary/aromatic N) is 3. The third kappa shape index (κ3) is 3.59. The van der Waals surface area contributed by atoms with Gasteiger partial charge in [0.05, 0.1) is 19.1 Å². The van der Waals surface area contributed by atoms with Crippen molar-refractivity contribution in [3.63, 3.8) is 0 Å². The smallest absolute Gasteiger partial charge is 0.205 e. The van der Waals surface area contributed by atoms with E-state index in [0.29, 0.717) is 28.2 Å². The molecule has 0 spiro atoms. The normalized spacial score (nSPS) is 10.9. The fourth-order valence-electron chi connectivity index (χ4n) is 2.74. The van der Waals surface area contributed by atoms with Crippen molar-refractivity contribution in [1.82, 2.24) is 14.8 Å². The molecule has 0 bridgehead atoms. The van der Waals surface area contributed by atoms with E-state index < -0.39 is 0 Å². The Morgan fingerprint density at radius 1 is 1.07 bits per heavy atom. The third-order valence-electron chi connectivity index (χ3n) is 3.96. The first kappa shape index (κ1) is 17.4. The molecule has 0 amide bonds. The highest BCUT2D eigenvalue weighted by molar-refractivity contribution is 7.98. The predicted molar refractivity (Wildman–Crippen MR) is 102 cm³/mol. The highest BCUT2D eigenvalue weighted by Gasteiger charge is 2.20. The molecular weight excluding hydrogens is 365 g/mol. The van der Waals surface area contributed by atoms with Crippen molar-refractivity contribution >= 4 is 11.8 Å². The number of para-hydroxylation sites is 2. The van der Waals surface area contributed by atoms with Crippen LogP contribution in [0.4, 0.5) is 4.39 Å². The number of aromatic nitrogens is 3. The minimum absolute atomic E-state index is 0.254. The van der Waals surface area contributed by atoms with Gasteiger partial charge in [-0.3, -0.25) is 4.57 Å². The number of furan rings is 1. The highest BCUT2D eigenvalue weighted by Crippen LogP contribution is 2.33. The van der Waals surface area contributed by atoms with Gasteiger partial charge in [0, 0.05) is 5.75 Å². The van der Waals surface area contributed by atoms with E-state index in [1.807, 2.05) is 41.0 Å². The number of ether oxygens (including phenoxy) is 1. The highest BCUT2D eigenvalue weighted by atomic mass is 32.2. The second-order valence-electron chi connectivity index (χ2n) is 5.71. The number of methoxy groups -OCH3 is 1. The van der Waals surface area contributed by atoms with Gasteiger partial charge in [-0.25, -0.2) is 4.39 Å². The molecule has 2 aromatic heterocycles. The summed E-state index contributed by atoms with van der Waals surface area (Å²) in [4.78, 5) is 0. The van der Waals surface area contributed by atoms with Crippen LogP contribution >= 0.6 is 11.8 Å². The molecule has 0 fully saturated rings. The molecule has 5 nitrogen and oxygen atoms in total. The number of benzene rings is 2. The molecular formula is C20H16FN3O2S. The molecule has 0 saturated carbocycles. The van der Waals surface area contributed by atoms with Crippen LogP contribution in [0, 0.1) is 5.82 Å². The van der Waals surface area contributed by atoms with E-state index in [4.69, 9.17) is 9.15 Å². The summed E-state index contributed by atoms with van der Waals surface area (Å²) in [6.07, 6.45) is 1.59. The second kappa shape index (κ2) is 7.67. The number of rotatable bonds is 6. The van der Waals surface area contributed by atoms with Gasteiger partial charge in [0.25, 0.3) is 0 Å². The Hall–Kier alpha value is -3.06. The largest absolute Gasteiger partial charge is 0.495 e. The molecule has 4 rings (SSSR count). The monoisotopic (exact) mass is 381 g/mol. The lowest BCUT2D eigenvalue weighted by molar-refractivity contribution is 0.412. The zero-order valence-electron chi connectivity index (χ0n) is 14.5. The van der Waals surface area contributed by atoms with Crippen molar-refractivity contribution in [1.29, 1.82) is 0 Å². The molecule has 2 aromatic carbocycles. The van der Waals surface area contributed by atoms with Gasteiger partial charge in [-0.2, -0.15) is 0 Å². The Labute approximate surface area is 159 Å². The minimum Gasteiger partial charge on any atom is -0.495 e. The molecule has 0 aliphatic carbocycles. The van der Waals surface area contributed by atoms with Crippen LogP contribution in [0.25, 0.3) is 17.3 Å². The molecule has 27 heavy (non-hydrogen) atoms. The van der Waals surface area contributed by atoms with E-state index in [9.17, 15) is 4.39 Å². The van der Waals surface area contributed by atoms with Crippen molar-refractivity contribution in [3.8, 4) is 23.0 Å². The number of thioether (sulfide) groups is 1. The lowest BCUT2D eigenvalue weighted by atomic mass is 10.2. The van der Waals surface area contributed by atoms with Crippen LogP contribution in [0.3, 0.4) is 0 Å². The first-order valence-corrected chi connectivity index (χ1v) is 9.25. The summed E-state index contributed by atoms with van der Waals surface area (Å²) in [7, 11) is 1.62. The van der Waals surface area contributed by atoms with Crippen LogP contribution in [0.15, 0.2) is 76.5 Å². The van der Waals surface area contributed by atoms with Crippen LogP contribution in [-0.2, 0) is 5.75 Å². The first-order valence-electron chi connectivity index (χ1n) is 8.26. The predicted octanol–water partition coefficient (Wildman–Crippen LogP) is 4.97. The summed E-state index contributed by atoms with van der Waals surface area (Å²) in [5.41, 5.74) is 1.67. The summed E-state index contributed by atoms with van der Waals surface area (Å²) in [6, 6.07) is 17.8. The van der Waals surface area contributed by atoms with Crippen LogP contribution in [0.1, 0.15) is 5.56 Å². The number of hydrogen-bond donors (Lipinski definition) is 0. The second-order valence-corrected chi connectivity index (χ2v) is 6.65. The standard InChI is InChI=1S/C20H16FN3O2S/c1-25-17-9-3-2-8-16(17)24-19(18-10-5-11-26-18)22-23-20(24)27-13-14-6-4-7-15(21)12-14/h2-12H,13H2,1H3. The van der Waals surface area contributed by atoms with E-state index in [-0.39, 0.29) is 5.82 Å². The summed E-state index contributed by atoms with van der Waals surface area (Å²) < 4.78 is 26.4. The van der Waals surface area contributed by atoms with E-state index in [2.05, 4.69) is 10.2 Å². The summed E-state index contributed by atoms with van der Waals surface area (Å²) in [5.74, 6) is 2.17. The maximum atomic E-state index is 13.5. The quantitative estimate of drug-likeness (QED) is 0.442. The summed E-state index contributed by atoms with van der Waals surface area (Å²) in [5, 5.41) is 9.30. The minimum atomic E-state index is -0.254. The average Bonchev–Trinajstić information content (AvgIpc) is 3.36. The Bertz CT molecular complexity index is 1050. The fourth-order valence-corrected chi connectivity index (χ4v) is 3.62. The molecule has 0 radical (unpaired) electrons. The van der Waals surface area contributed by atoms with Gasteiger partial charge in [0.2, 0.25) is 5.82 Å². The van der Waals surface area contributed by atoms with Crippen LogP contribution in [0.5, 0.6) is 5.75 Å². The van der Waals surface area contributed by atoms with Gasteiger partial charge in [0.1, 0.15) is 11.6 Å². The van der Waals surface area contributed by atoms with Crippen molar-refractivity contribution in [3.05, 3.63) is 78.3 Å². The third-order valence-corrected chi connectivity index (χ3v) is 4.96. The maximum absolute atomic E-state index is 13.5. The van der Waals surface area contributed by atoms with Crippen molar-refractivity contribution in [2.75, 3.05) is 7.11 Å². The van der Waals surface area contributed by atoms with E-state index in [1.54, 1.807) is 25.5 Å². The van der Waals surface area contributed by atoms with Gasteiger partial charge >= 0.3 is 0 Å². The van der Waals surface area contributed by atoms with Crippen molar-refractivity contribution in [2.45, 2.75) is 10.9 Å². The van der Waals surface area contributed by atoms with Crippen LogP contribution in [-0.4, -0.2) is 21.9 Å². The number of halogens is 1. The molecule has 0 unspecified atom stereocenters. The Morgan fingerprint density at radius 3 is 2.74 bits per heavy atom. The SMILES string of the molecule is COc1ccccc1-n1c(SCc2cccc(F)c2)nnc1-c1ccco1. The van der Waals surface area contributed by atoms with Gasteiger partial charge in [-0.1, -0.05) is 36.0 Å². The van der Waals surface area contributed by atoms with Crippen molar-refractivity contribution < 1.29 is 13.5 Å². The zero-order chi connectivity index (χ0) is 18.6. The number of hydrogen-bond acceptors (Lipinski definition) is 5. The molecule has 0 aliphatic rings. The Kier molecular flexibility index (Phi) is 4.93. The molecule has 7 heteroatoms. The van der Waals surface area contributed by atoms with Crippen LogP contribution in [0.2, 0.25) is 0 Å². The van der Waals surface area contributed by atoms with E-state index in [1.165, 1.54) is 23.9 Å². The summed E-state index contributed by atoms with van der Waals surface area (Å²) in [6.45, 7) is 0. The molecule has 0 N–H and O–H groups in total. The fraction of sp³-hybridized carbons (Fsp3) is 0.100. The Morgan fingerprint density at radius 2 is 1.96 bits per heavy atom. The Balaban J connectivity index is 1.76. The molecule has 4 aromatic rings. The lowest BCUT2D eigenvalue weighted by Gasteiger charge is -2.13. The van der Waals surface area contributed by atoms with Gasteiger partial charge in [0.15, 0.2) is 10.9 Å².